The largest absolute Gasteiger partial charge is 0.465 e. The van der Waals surface area contributed by atoms with Crippen LogP contribution in [0.2, 0.25) is 0 Å². The molecule has 0 N–H and O–H groups in total. The van der Waals surface area contributed by atoms with Gasteiger partial charge in [-0.25, -0.2) is 4.79 Å². The van der Waals surface area contributed by atoms with E-state index >= 15 is 0 Å². The van der Waals surface area contributed by atoms with E-state index in [1.54, 1.807) is 23.9 Å². The monoisotopic (exact) mass is 442 g/mol. The minimum absolute atomic E-state index is 0.176. The Balaban J connectivity index is 1.94. The molecular formula is C23H26N2O3S2. The highest BCUT2D eigenvalue weighted by atomic mass is 32.2. The van der Waals surface area contributed by atoms with E-state index in [9.17, 15) is 9.59 Å². The fraction of sp³-hybridized carbons (Fsp3) is 0.348. The SMILES string of the molecule is COC(=O)c1ccc2c(c1)sc(=NC(=O)Cc1ccc(C(C)C)cc1)n2CCSC. The first-order valence-corrected chi connectivity index (χ1v) is 12.0. The van der Waals surface area contributed by atoms with Crippen molar-refractivity contribution >= 4 is 45.2 Å². The summed E-state index contributed by atoms with van der Waals surface area (Å²) in [5.74, 6) is 0.816. The molecule has 0 saturated heterocycles. The molecule has 30 heavy (non-hydrogen) atoms. The number of fused-ring (bicyclic) bond motifs is 1. The van der Waals surface area contributed by atoms with Crippen molar-refractivity contribution in [1.82, 2.24) is 4.57 Å². The third-order valence-corrected chi connectivity index (χ3v) is 6.48. The summed E-state index contributed by atoms with van der Waals surface area (Å²) < 4.78 is 7.78. The van der Waals surface area contributed by atoms with Crippen LogP contribution in [0.15, 0.2) is 47.5 Å². The molecule has 0 spiro atoms. The number of hydrogen-bond acceptors (Lipinski definition) is 5. The Morgan fingerprint density at radius 1 is 1.17 bits per heavy atom. The van der Waals surface area contributed by atoms with Crippen molar-refractivity contribution in [2.75, 3.05) is 19.1 Å². The number of methoxy groups -OCH3 is 1. The number of amides is 1. The Morgan fingerprint density at radius 3 is 2.53 bits per heavy atom. The van der Waals surface area contributed by atoms with Crippen molar-refractivity contribution in [1.29, 1.82) is 0 Å². The van der Waals surface area contributed by atoms with Crippen LogP contribution in [0, 0.1) is 0 Å². The lowest BCUT2D eigenvalue weighted by molar-refractivity contribution is -0.117. The molecule has 0 saturated carbocycles. The van der Waals surface area contributed by atoms with Gasteiger partial charge in [0.05, 0.1) is 29.3 Å². The minimum atomic E-state index is -0.375. The van der Waals surface area contributed by atoms with Crippen molar-refractivity contribution in [3.8, 4) is 0 Å². The van der Waals surface area contributed by atoms with Gasteiger partial charge in [-0.1, -0.05) is 49.4 Å². The lowest BCUT2D eigenvalue weighted by Crippen LogP contribution is -2.18. The van der Waals surface area contributed by atoms with Crippen LogP contribution in [0.5, 0.6) is 0 Å². The van der Waals surface area contributed by atoms with E-state index in [0.29, 0.717) is 16.3 Å². The Bertz CT molecular complexity index is 1110. The highest BCUT2D eigenvalue weighted by Gasteiger charge is 2.12. The molecule has 5 nitrogen and oxygen atoms in total. The van der Waals surface area contributed by atoms with Crippen LogP contribution < -0.4 is 4.80 Å². The zero-order valence-corrected chi connectivity index (χ0v) is 19.3. The van der Waals surface area contributed by atoms with E-state index < -0.39 is 0 Å². The van der Waals surface area contributed by atoms with Gasteiger partial charge < -0.3 is 9.30 Å². The molecule has 3 aromatic rings. The molecule has 158 valence electrons. The number of aromatic nitrogens is 1. The van der Waals surface area contributed by atoms with Gasteiger partial charge >= 0.3 is 5.97 Å². The molecule has 1 amide bonds. The number of hydrogen-bond donors (Lipinski definition) is 0. The van der Waals surface area contributed by atoms with Crippen molar-refractivity contribution in [2.45, 2.75) is 32.7 Å². The zero-order valence-electron chi connectivity index (χ0n) is 17.7. The second-order valence-corrected chi connectivity index (χ2v) is 9.28. The van der Waals surface area contributed by atoms with Crippen molar-refractivity contribution in [3.05, 3.63) is 64.0 Å². The smallest absolute Gasteiger partial charge is 0.337 e. The summed E-state index contributed by atoms with van der Waals surface area (Å²) in [6.07, 6.45) is 2.32. The van der Waals surface area contributed by atoms with Crippen LogP contribution in [-0.4, -0.2) is 35.6 Å². The van der Waals surface area contributed by atoms with Gasteiger partial charge in [-0.05, 0) is 41.5 Å². The maximum absolute atomic E-state index is 12.7. The molecule has 0 aliphatic rings. The average molecular weight is 443 g/mol. The van der Waals surface area contributed by atoms with Crippen LogP contribution in [0.4, 0.5) is 0 Å². The number of nitrogens with zero attached hydrogens (tertiary/aromatic N) is 2. The molecule has 0 aliphatic heterocycles. The predicted molar refractivity (Wildman–Crippen MR) is 124 cm³/mol. The fourth-order valence-corrected chi connectivity index (χ4v) is 4.62. The van der Waals surface area contributed by atoms with E-state index in [0.717, 1.165) is 28.1 Å². The standard InChI is InChI=1S/C23H26N2O3S2/c1-15(2)17-7-5-16(6-8-17)13-21(26)24-23-25(11-12-29-4)19-10-9-18(22(27)28-3)14-20(19)30-23/h5-10,14-15H,11-13H2,1-4H3. The summed E-state index contributed by atoms with van der Waals surface area (Å²) in [6.45, 7) is 5.04. The van der Waals surface area contributed by atoms with E-state index in [4.69, 9.17) is 4.74 Å². The van der Waals surface area contributed by atoms with Gasteiger partial charge in [0.1, 0.15) is 0 Å². The van der Waals surface area contributed by atoms with E-state index in [1.165, 1.54) is 24.0 Å². The second-order valence-electron chi connectivity index (χ2n) is 7.28. The highest BCUT2D eigenvalue weighted by molar-refractivity contribution is 7.98. The predicted octanol–water partition coefficient (Wildman–Crippen LogP) is 4.65. The highest BCUT2D eigenvalue weighted by Crippen LogP contribution is 2.20. The van der Waals surface area contributed by atoms with Gasteiger partial charge in [0, 0.05) is 12.3 Å². The van der Waals surface area contributed by atoms with E-state index in [2.05, 4.69) is 35.5 Å². The van der Waals surface area contributed by atoms with Crippen LogP contribution in [0.25, 0.3) is 10.2 Å². The summed E-state index contributed by atoms with van der Waals surface area (Å²) in [4.78, 5) is 29.6. The summed E-state index contributed by atoms with van der Waals surface area (Å²) in [7, 11) is 1.37. The van der Waals surface area contributed by atoms with Gasteiger partial charge in [-0.3, -0.25) is 4.79 Å². The maximum Gasteiger partial charge on any atom is 0.337 e. The van der Waals surface area contributed by atoms with Crippen molar-refractivity contribution in [2.24, 2.45) is 4.99 Å². The van der Waals surface area contributed by atoms with E-state index in [1.807, 2.05) is 24.5 Å². The van der Waals surface area contributed by atoms with E-state index in [-0.39, 0.29) is 18.3 Å². The van der Waals surface area contributed by atoms with Crippen LogP contribution in [0.1, 0.15) is 41.3 Å². The Kier molecular flexibility index (Phi) is 7.50. The quantitative estimate of drug-likeness (QED) is 0.500. The molecule has 0 radical (unpaired) electrons. The number of carbonyl (C=O) groups is 2. The molecule has 0 aliphatic carbocycles. The molecule has 1 heterocycles. The summed E-state index contributed by atoms with van der Waals surface area (Å²) >= 11 is 3.16. The minimum Gasteiger partial charge on any atom is -0.465 e. The second kappa shape index (κ2) is 10.1. The van der Waals surface area contributed by atoms with Crippen LogP contribution in [-0.2, 0) is 22.5 Å². The fourth-order valence-electron chi connectivity index (χ4n) is 3.14. The van der Waals surface area contributed by atoms with Crippen LogP contribution >= 0.6 is 23.1 Å². The zero-order chi connectivity index (χ0) is 21.7. The van der Waals surface area contributed by atoms with Gasteiger partial charge in [-0.2, -0.15) is 16.8 Å². The van der Waals surface area contributed by atoms with Crippen molar-refractivity contribution in [3.63, 3.8) is 0 Å². The number of ether oxygens (including phenoxy) is 1. The number of aryl methyl sites for hydroxylation is 1. The summed E-state index contributed by atoms with van der Waals surface area (Å²) in [6, 6.07) is 13.6. The lowest BCUT2D eigenvalue weighted by Gasteiger charge is -2.06. The molecule has 0 unspecified atom stereocenters. The first-order chi connectivity index (χ1) is 14.4. The molecular weight excluding hydrogens is 416 g/mol. The van der Waals surface area contributed by atoms with Gasteiger partial charge in [-0.15, -0.1) is 0 Å². The molecule has 2 aromatic carbocycles. The third-order valence-electron chi connectivity index (χ3n) is 4.84. The number of rotatable bonds is 7. The number of esters is 1. The molecule has 0 fully saturated rings. The Labute approximate surface area is 184 Å². The Hall–Kier alpha value is -2.38. The normalized spacial score (nSPS) is 12.0. The Morgan fingerprint density at radius 2 is 1.90 bits per heavy atom. The molecule has 7 heteroatoms. The molecule has 1 aromatic heterocycles. The summed E-state index contributed by atoms with van der Waals surface area (Å²) in [5, 5.41) is 0. The number of benzene rings is 2. The van der Waals surface area contributed by atoms with Gasteiger partial charge in [0.25, 0.3) is 5.91 Å². The average Bonchev–Trinajstić information content (AvgIpc) is 3.07. The topological polar surface area (TPSA) is 60.7 Å². The number of thiazole rings is 1. The van der Waals surface area contributed by atoms with Gasteiger partial charge in [0.15, 0.2) is 4.80 Å². The molecule has 0 bridgehead atoms. The number of carbonyl (C=O) groups excluding carboxylic acids is 2. The van der Waals surface area contributed by atoms with Gasteiger partial charge in [0.2, 0.25) is 0 Å². The lowest BCUT2D eigenvalue weighted by atomic mass is 10.0. The number of thioether (sulfide) groups is 1. The third kappa shape index (κ3) is 5.21. The first-order valence-electron chi connectivity index (χ1n) is 9.80. The molecule has 0 atom stereocenters. The summed E-state index contributed by atoms with van der Waals surface area (Å²) in [5.41, 5.74) is 3.67. The molecule has 3 rings (SSSR count). The van der Waals surface area contributed by atoms with Crippen LogP contribution in [0.3, 0.4) is 0 Å². The maximum atomic E-state index is 12.7. The first kappa shape index (κ1) is 22.3. The van der Waals surface area contributed by atoms with Crippen molar-refractivity contribution < 1.29 is 14.3 Å².